The fourth-order valence-electron chi connectivity index (χ4n) is 19.8. The van der Waals surface area contributed by atoms with Crippen LogP contribution in [0.1, 0.15) is 143 Å². The quantitative estimate of drug-likeness (QED) is 0.135. The van der Waals surface area contributed by atoms with E-state index in [1.165, 1.54) is 38.6 Å². The Morgan fingerprint density at radius 2 is 0.691 bits per heavy atom. The van der Waals surface area contributed by atoms with Crippen molar-refractivity contribution < 1.29 is 15.4 Å². The van der Waals surface area contributed by atoms with Gasteiger partial charge in [-0.1, -0.05) is 322 Å². The van der Waals surface area contributed by atoms with E-state index in [0.29, 0.717) is 28.2 Å². The Balaban J connectivity index is 0.923. The monoisotopic (exact) mass is 1600 g/mol. The highest BCUT2D eigenvalue weighted by Crippen LogP contribution is 2.56. The van der Waals surface area contributed by atoms with Gasteiger partial charge >= 0.3 is 0 Å². The zero-order valence-corrected chi connectivity index (χ0v) is 72.4. The average Bonchev–Trinajstić information content (AvgIpc) is 1.61. The Hall–Kier alpha value is -13.6. The molecule has 0 radical (unpaired) electrons. The summed E-state index contributed by atoms with van der Waals surface area (Å²) in [4.78, 5) is 5.00. The van der Waals surface area contributed by atoms with Gasteiger partial charge in [-0.25, -0.2) is 0 Å². The first-order valence-corrected chi connectivity index (χ1v) is 43.2. The van der Waals surface area contributed by atoms with Crippen LogP contribution in [0.4, 0.5) is 34.1 Å². The smallest absolute Gasteiger partial charge is 0.252 e. The summed E-state index contributed by atoms with van der Waals surface area (Å²) in [6.07, 6.45) is 0. The Bertz CT molecular complexity index is 8050. The number of nitrogens with zero attached hydrogens (tertiary/aromatic N) is 5. The molecule has 6 heterocycles. The molecular formula is C116H100BN5O. The van der Waals surface area contributed by atoms with Crippen molar-refractivity contribution in [3.63, 3.8) is 0 Å². The summed E-state index contributed by atoms with van der Waals surface area (Å²) in [5.41, 5.74) is 28.9. The summed E-state index contributed by atoms with van der Waals surface area (Å²) in [5.74, 6) is 0. The van der Waals surface area contributed by atoms with Gasteiger partial charge in [-0.2, -0.15) is 0 Å². The molecule has 0 amide bonds. The first kappa shape index (κ1) is 67.1. The van der Waals surface area contributed by atoms with Gasteiger partial charge in [0.25, 0.3) is 6.71 Å². The third-order valence-corrected chi connectivity index (χ3v) is 26.2. The molecule has 0 bridgehead atoms. The van der Waals surface area contributed by atoms with Crippen LogP contribution in [0.5, 0.6) is 0 Å². The van der Waals surface area contributed by atoms with E-state index in [0.717, 1.165) is 139 Å². The van der Waals surface area contributed by atoms with Crippen LogP contribution in [0.15, 0.2) is 338 Å². The van der Waals surface area contributed by atoms with Crippen molar-refractivity contribution in [1.29, 1.82) is 0 Å². The molecule has 0 unspecified atom stereocenters. The molecule has 123 heavy (non-hydrogen) atoms. The lowest BCUT2D eigenvalue weighted by atomic mass is 9.33. The minimum atomic E-state index is -0.579. The molecule has 2 aliphatic heterocycles. The molecule has 0 saturated heterocycles. The van der Waals surface area contributed by atoms with Crippen LogP contribution < -0.4 is 26.2 Å². The number of hydrogen-bond acceptors (Lipinski definition) is 3. The molecule has 7 heteroatoms. The fourth-order valence-corrected chi connectivity index (χ4v) is 19.8. The van der Waals surface area contributed by atoms with Crippen molar-refractivity contribution in [1.82, 2.24) is 13.7 Å². The number of hydrogen-bond donors (Lipinski definition) is 0. The van der Waals surface area contributed by atoms with E-state index in [1.54, 1.807) is 4.57 Å². The molecule has 4 aromatic heterocycles. The van der Waals surface area contributed by atoms with Gasteiger partial charge in [0.2, 0.25) is 0 Å². The molecule has 22 rings (SSSR count). The predicted octanol–water partition coefficient (Wildman–Crippen LogP) is 30.1. The lowest BCUT2D eigenvalue weighted by molar-refractivity contribution is 0.569. The lowest BCUT2D eigenvalue weighted by Crippen LogP contribution is -2.61. The Morgan fingerprint density at radius 3 is 1.25 bits per heavy atom. The third kappa shape index (κ3) is 12.0. The third-order valence-electron chi connectivity index (χ3n) is 26.2. The number of aromatic nitrogens is 3. The van der Waals surface area contributed by atoms with Crippen molar-refractivity contribution in [2.24, 2.45) is 0 Å². The summed E-state index contributed by atoms with van der Waals surface area (Å²) in [6.45, 7) is 33.9. The highest BCUT2D eigenvalue weighted by molar-refractivity contribution is 7.00. The predicted molar refractivity (Wildman–Crippen MR) is 526 cm³/mol. The second-order valence-electron chi connectivity index (χ2n) is 39.1. The number of furan rings is 1. The van der Waals surface area contributed by atoms with E-state index in [-0.39, 0.29) is 61.0 Å². The lowest BCUT2D eigenvalue weighted by Gasteiger charge is -2.45. The van der Waals surface area contributed by atoms with Gasteiger partial charge in [-0.15, -0.1) is 0 Å². The Morgan fingerprint density at radius 1 is 0.260 bits per heavy atom. The highest BCUT2D eigenvalue weighted by atomic mass is 16.3. The van der Waals surface area contributed by atoms with Crippen molar-refractivity contribution in [3.8, 4) is 61.6 Å². The number of fused-ring (bicyclic) bond motifs is 16. The average molecular weight is 1600 g/mol. The van der Waals surface area contributed by atoms with Crippen LogP contribution in [0, 0.1) is 0 Å². The first-order valence-electron chi connectivity index (χ1n) is 47.2. The molecule has 0 atom stereocenters. The Labute approximate surface area is 732 Å². The maximum Gasteiger partial charge on any atom is 0.252 e. The van der Waals surface area contributed by atoms with Crippen molar-refractivity contribution in [2.75, 3.05) is 9.80 Å². The van der Waals surface area contributed by atoms with Gasteiger partial charge in [-0.05, 0) is 214 Å². The topological polar surface area (TPSA) is 34.4 Å². The second-order valence-corrected chi connectivity index (χ2v) is 39.1. The number of rotatable bonds is 9. The van der Waals surface area contributed by atoms with Gasteiger partial charge in [0, 0.05) is 99.6 Å². The largest absolute Gasteiger partial charge is 0.453 e. The second kappa shape index (κ2) is 27.4. The van der Waals surface area contributed by atoms with Gasteiger partial charge in [0.05, 0.1) is 55.4 Å². The minimum absolute atomic E-state index is 0.00703. The van der Waals surface area contributed by atoms with Crippen LogP contribution in [0.25, 0.3) is 149 Å². The molecule has 0 fully saturated rings. The van der Waals surface area contributed by atoms with Crippen molar-refractivity contribution in [3.05, 3.63) is 361 Å². The highest BCUT2D eigenvalue weighted by Gasteiger charge is 2.46. The van der Waals surface area contributed by atoms with Crippen LogP contribution in [0.2, 0.25) is 0 Å². The fraction of sp³-hybridized carbons (Fsp3) is 0.172. The molecule has 6 nitrogen and oxygen atoms in total. The summed E-state index contributed by atoms with van der Waals surface area (Å²) in [5, 5.41) is 6.30. The standard InChI is InChI=1S/C116H100BN5O/c1-112(2,3)75-52-58-99-92(65-75)93-66-76(113(4,5)6)53-59-100(93)120(99)82-55-57-95-104(70-82)122(109-90(71-34-19-16-20-35-71)67-79(116(13,14)15)68-91(109)72-36-21-17-22-37-72)106-63-74(73-60-77(114(7,8)9)64-78(61-73)115(10,11)12)62-105-108(106)117(95)94-56-54-81(119-96-47-28-25-40-83(96)84-41-26-29-48-97(84)119)69-103(94)121(105)102-51-33-46-88-87-45-31-44-86(110(87)123-111(88)102)85-43-32-50-101-107(85)89-42-27-30-49-98(89)118(101)80-38-23-18-24-39-80/h16-70H,1-15H3/i25D,26D,28D,29D,40D,41D,47D,48D. The van der Waals surface area contributed by atoms with Crippen LogP contribution in [-0.2, 0) is 27.1 Å². The Kier molecular flexibility index (Phi) is 15.0. The van der Waals surface area contributed by atoms with Gasteiger partial charge < -0.3 is 27.9 Å². The molecule has 598 valence electrons. The SMILES string of the molecule is [2H]c1c([2H])c([2H])c2c(c1[2H])c1c([2H])c([2H])c([2H])c([2H])c1n2-c1ccc2c(c1)N(c1cccc3c1oc1c(-c4cccc5c4c4ccccc4n5-c4ccccc4)cccc13)c1cc(-c3cc(C(C)(C)C)cc(C(C)(C)C)c3)cc3c1B2c1ccc(-n2c4ccc(C(C)(C)C)cc4c4cc(C(C)(C)C)ccc42)cc1N3c1c(-c2ccccc2)cc(C(C)(C)C)cc1-c1ccccc1. The summed E-state index contributed by atoms with van der Waals surface area (Å²) < 4.78 is 91.4. The number of para-hydroxylation sites is 6. The molecule has 2 aliphatic rings. The summed E-state index contributed by atoms with van der Waals surface area (Å²) in [6, 6.07) is 101. The molecule has 0 aliphatic carbocycles. The molecule has 20 aromatic rings. The van der Waals surface area contributed by atoms with Gasteiger partial charge in [0.15, 0.2) is 5.58 Å². The van der Waals surface area contributed by atoms with Crippen molar-refractivity contribution in [2.45, 2.75) is 131 Å². The van der Waals surface area contributed by atoms with Crippen LogP contribution >= 0.6 is 0 Å². The number of anilines is 6. The molecule has 0 saturated carbocycles. The number of benzene rings is 16. The summed E-state index contributed by atoms with van der Waals surface area (Å²) >= 11 is 0. The van der Waals surface area contributed by atoms with E-state index >= 15 is 0 Å². The van der Waals surface area contributed by atoms with Gasteiger partial charge in [-0.3, -0.25) is 0 Å². The van der Waals surface area contributed by atoms with E-state index < -0.39 is 43.0 Å². The van der Waals surface area contributed by atoms with E-state index in [1.807, 2.05) is 6.07 Å². The zero-order chi connectivity index (χ0) is 91.2. The van der Waals surface area contributed by atoms with E-state index in [9.17, 15) is 11.0 Å². The van der Waals surface area contributed by atoms with Crippen LogP contribution in [0.3, 0.4) is 0 Å². The molecule has 0 spiro atoms. The van der Waals surface area contributed by atoms with Crippen molar-refractivity contribution >= 4 is 145 Å². The van der Waals surface area contributed by atoms with E-state index in [4.69, 9.17) is 4.42 Å². The summed E-state index contributed by atoms with van der Waals surface area (Å²) in [7, 11) is 0. The van der Waals surface area contributed by atoms with E-state index in [2.05, 4.69) is 402 Å². The zero-order valence-electron chi connectivity index (χ0n) is 80.4. The maximum absolute atomic E-state index is 10.0. The molecule has 16 aromatic carbocycles. The van der Waals surface area contributed by atoms with Crippen LogP contribution in [-0.4, -0.2) is 20.4 Å². The van der Waals surface area contributed by atoms with Gasteiger partial charge in [0.1, 0.15) is 5.58 Å². The minimum Gasteiger partial charge on any atom is -0.453 e. The first-order chi connectivity index (χ1) is 62.5. The molecular weight excluding hydrogens is 1490 g/mol. The maximum atomic E-state index is 10.0. The normalized spacial score (nSPS) is 14.2. The molecule has 0 N–H and O–H groups in total.